The van der Waals surface area contributed by atoms with Gasteiger partial charge in [0, 0.05) is 12.1 Å². The van der Waals surface area contributed by atoms with Crippen LogP contribution in [0.15, 0.2) is 24.3 Å². The van der Waals surface area contributed by atoms with Gasteiger partial charge in [-0.3, -0.25) is 4.79 Å². The number of hydrogen-bond donors (Lipinski definition) is 2. The second kappa shape index (κ2) is 4.13. The highest BCUT2D eigenvalue weighted by Gasteiger charge is 2.49. The van der Waals surface area contributed by atoms with Crippen molar-refractivity contribution in [3.8, 4) is 0 Å². The van der Waals surface area contributed by atoms with E-state index < -0.39 is 5.60 Å². The number of H-pyrrole nitrogens is 1. The lowest BCUT2D eigenvalue weighted by atomic mass is 9.91. The summed E-state index contributed by atoms with van der Waals surface area (Å²) < 4.78 is 0. The Hall–Kier alpha value is -2.28. The van der Waals surface area contributed by atoms with Gasteiger partial charge >= 0.3 is 0 Å². The number of para-hydroxylation sites is 1. The first-order valence-corrected chi connectivity index (χ1v) is 6.03. The molecule has 0 saturated heterocycles. The first-order valence-electron chi connectivity index (χ1n) is 6.03. The minimum atomic E-state index is -1.61. The van der Waals surface area contributed by atoms with Gasteiger partial charge < -0.3 is 10.0 Å². The van der Waals surface area contributed by atoms with Crippen LogP contribution in [0.2, 0.25) is 0 Å². The molecule has 1 aromatic heterocycles. The number of carbonyl (C=O) groups is 1. The minimum absolute atomic E-state index is 0.00977. The lowest BCUT2D eigenvalue weighted by Crippen LogP contribution is -2.42. The molecular formula is C12H13N5O2. The molecule has 2 heterocycles. The Morgan fingerprint density at radius 2 is 2.21 bits per heavy atom. The molecule has 0 aliphatic carbocycles. The van der Waals surface area contributed by atoms with E-state index in [1.54, 1.807) is 17.0 Å². The maximum absolute atomic E-state index is 12.4. The van der Waals surface area contributed by atoms with Crippen LogP contribution in [0.5, 0.6) is 0 Å². The highest BCUT2D eigenvalue weighted by Crippen LogP contribution is 2.41. The second-order valence-corrected chi connectivity index (χ2v) is 4.43. The zero-order chi connectivity index (χ0) is 13.5. The molecule has 1 amide bonds. The van der Waals surface area contributed by atoms with E-state index in [0.717, 1.165) is 5.69 Å². The third kappa shape index (κ3) is 1.62. The molecule has 2 aromatic rings. The molecule has 1 aliphatic rings. The Kier molecular flexibility index (Phi) is 2.56. The zero-order valence-electron chi connectivity index (χ0n) is 10.4. The van der Waals surface area contributed by atoms with E-state index >= 15 is 0 Å². The number of aliphatic hydroxyl groups is 1. The lowest BCUT2D eigenvalue weighted by molar-refractivity contribution is -0.136. The molecule has 7 nitrogen and oxygen atoms in total. The molecule has 3 rings (SSSR count). The fourth-order valence-corrected chi connectivity index (χ4v) is 2.48. The average Bonchev–Trinajstić information content (AvgIpc) is 2.98. The number of amides is 1. The molecule has 0 bridgehead atoms. The number of nitrogens with zero attached hydrogens (tertiary/aromatic N) is 4. The molecule has 1 atom stereocenters. The molecule has 0 radical (unpaired) electrons. The molecule has 7 heteroatoms. The Balaban J connectivity index is 2.08. The second-order valence-electron chi connectivity index (χ2n) is 4.43. The minimum Gasteiger partial charge on any atom is -0.375 e. The number of rotatable bonds is 3. The Morgan fingerprint density at radius 1 is 1.42 bits per heavy atom. The molecule has 1 unspecified atom stereocenters. The van der Waals surface area contributed by atoms with Gasteiger partial charge in [-0.2, -0.15) is 5.21 Å². The van der Waals surface area contributed by atoms with Crippen LogP contribution in [0.25, 0.3) is 0 Å². The summed E-state index contributed by atoms with van der Waals surface area (Å²) in [5.74, 6) is -0.0374. The zero-order valence-corrected chi connectivity index (χ0v) is 10.4. The summed E-state index contributed by atoms with van der Waals surface area (Å²) in [6.45, 7) is 2.37. The molecule has 1 aliphatic heterocycles. The molecule has 0 fully saturated rings. The van der Waals surface area contributed by atoms with E-state index in [2.05, 4.69) is 20.6 Å². The Bertz CT molecular complexity index is 612. The maximum Gasteiger partial charge on any atom is 0.264 e. The molecule has 2 N–H and O–H groups in total. The van der Waals surface area contributed by atoms with Gasteiger partial charge in [0.05, 0.1) is 12.1 Å². The van der Waals surface area contributed by atoms with Crippen LogP contribution < -0.4 is 4.90 Å². The summed E-state index contributed by atoms with van der Waals surface area (Å²) in [5.41, 5.74) is -0.288. The van der Waals surface area contributed by atoms with Crippen molar-refractivity contribution in [1.29, 1.82) is 0 Å². The normalized spacial score (nSPS) is 21.8. The summed E-state index contributed by atoms with van der Waals surface area (Å²) in [5, 5.41) is 24.1. The molecule has 19 heavy (non-hydrogen) atoms. The number of carbonyl (C=O) groups excluding carboxylic acids is 1. The van der Waals surface area contributed by atoms with Crippen LogP contribution in [0.1, 0.15) is 18.3 Å². The smallest absolute Gasteiger partial charge is 0.264 e. The van der Waals surface area contributed by atoms with Gasteiger partial charge in [0.1, 0.15) is 0 Å². The summed E-state index contributed by atoms with van der Waals surface area (Å²) in [7, 11) is 0. The van der Waals surface area contributed by atoms with Crippen molar-refractivity contribution in [2.24, 2.45) is 0 Å². The van der Waals surface area contributed by atoms with E-state index in [9.17, 15) is 9.90 Å². The maximum atomic E-state index is 12.4. The van der Waals surface area contributed by atoms with E-state index in [0.29, 0.717) is 17.9 Å². The van der Waals surface area contributed by atoms with Crippen molar-refractivity contribution in [3.05, 3.63) is 35.7 Å². The molecule has 0 saturated carbocycles. The summed E-state index contributed by atoms with van der Waals surface area (Å²) in [6, 6.07) is 7.22. The van der Waals surface area contributed by atoms with Gasteiger partial charge in [-0.05, 0) is 13.0 Å². The van der Waals surface area contributed by atoms with Gasteiger partial charge in [0.2, 0.25) is 0 Å². The average molecular weight is 259 g/mol. The first kappa shape index (κ1) is 11.8. The van der Waals surface area contributed by atoms with E-state index in [4.69, 9.17) is 0 Å². The lowest BCUT2D eigenvalue weighted by Gasteiger charge is -2.20. The van der Waals surface area contributed by atoms with Gasteiger partial charge in [-0.15, -0.1) is 10.2 Å². The quantitative estimate of drug-likeness (QED) is 0.808. The summed E-state index contributed by atoms with van der Waals surface area (Å²) in [6.07, 6.45) is 0.00977. The van der Waals surface area contributed by atoms with Crippen molar-refractivity contribution in [2.75, 3.05) is 11.4 Å². The molecule has 98 valence electrons. The third-order valence-corrected chi connectivity index (χ3v) is 3.36. The number of likely N-dealkylation sites (N-methyl/N-ethyl adjacent to an activating group) is 1. The number of tetrazole rings is 1. The van der Waals surface area contributed by atoms with Gasteiger partial charge in [0.25, 0.3) is 5.91 Å². The van der Waals surface area contributed by atoms with Crippen molar-refractivity contribution < 1.29 is 9.90 Å². The number of fused-ring (bicyclic) bond motifs is 1. The predicted octanol–water partition coefficient (Wildman–Crippen LogP) is -0.00350. The van der Waals surface area contributed by atoms with Gasteiger partial charge in [0.15, 0.2) is 11.4 Å². The van der Waals surface area contributed by atoms with Crippen LogP contribution in [-0.2, 0) is 16.8 Å². The largest absolute Gasteiger partial charge is 0.375 e. The molecular weight excluding hydrogens is 246 g/mol. The highest BCUT2D eigenvalue weighted by molar-refractivity contribution is 6.06. The fraction of sp³-hybridized carbons (Fsp3) is 0.333. The fourth-order valence-electron chi connectivity index (χ4n) is 2.48. The number of aromatic nitrogens is 4. The van der Waals surface area contributed by atoms with Crippen LogP contribution in [0.4, 0.5) is 5.69 Å². The van der Waals surface area contributed by atoms with E-state index in [1.807, 2.05) is 19.1 Å². The molecule has 1 aromatic carbocycles. The van der Waals surface area contributed by atoms with E-state index in [1.165, 1.54) is 0 Å². The van der Waals surface area contributed by atoms with Crippen molar-refractivity contribution >= 4 is 11.6 Å². The van der Waals surface area contributed by atoms with Gasteiger partial charge in [-0.1, -0.05) is 23.4 Å². The van der Waals surface area contributed by atoms with Crippen LogP contribution in [0, 0.1) is 0 Å². The van der Waals surface area contributed by atoms with Crippen molar-refractivity contribution in [2.45, 2.75) is 18.9 Å². The van der Waals surface area contributed by atoms with Crippen LogP contribution >= 0.6 is 0 Å². The summed E-state index contributed by atoms with van der Waals surface area (Å²) >= 11 is 0. The van der Waals surface area contributed by atoms with E-state index in [-0.39, 0.29) is 12.3 Å². The van der Waals surface area contributed by atoms with Crippen LogP contribution in [0.3, 0.4) is 0 Å². The highest BCUT2D eigenvalue weighted by atomic mass is 16.3. The first-order chi connectivity index (χ1) is 9.16. The Morgan fingerprint density at radius 3 is 2.89 bits per heavy atom. The number of benzene rings is 1. The topological polar surface area (TPSA) is 95.0 Å². The molecule has 0 spiro atoms. The van der Waals surface area contributed by atoms with Crippen molar-refractivity contribution in [1.82, 2.24) is 20.6 Å². The SMILES string of the molecule is CCN1C(=O)C(O)(Cc2nn[nH]n2)c2ccccc21. The van der Waals surface area contributed by atoms with Gasteiger partial charge in [-0.25, -0.2) is 0 Å². The summed E-state index contributed by atoms with van der Waals surface area (Å²) in [4.78, 5) is 14.0. The van der Waals surface area contributed by atoms with Crippen LogP contribution in [-0.4, -0.2) is 38.2 Å². The monoisotopic (exact) mass is 259 g/mol. The number of aromatic amines is 1. The number of hydrogen-bond acceptors (Lipinski definition) is 5. The predicted molar refractivity (Wildman–Crippen MR) is 66.2 cm³/mol. The van der Waals surface area contributed by atoms with Crippen molar-refractivity contribution in [3.63, 3.8) is 0 Å². The number of nitrogens with one attached hydrogen (secondary N) is 1. The third-order valence-electron chi connectivity index (χ3n) is 3.36. The number of anilines is 1. The Labute approximate surface area is 109 Å². The standard InChI is InChI=1S/C12H13N5O2/c1-2-17-9-6-4-3-5-8(9)12(19,11(17)18)7-10-13-15-16-14-10/h3-6,19H,2,7H2,1H3,(H,13,14,15,16).